The molecule has 0 aromatic heterocycles. The van der Waals surface area contributed by atoms with Crippen LogP contribution in [-0.4, -0.2) is 36.9 Å². The van der Waals surface area contributed by atoms with Gasteiger partial charge in [0.1, 0.15) is 0 Å². The van der Waals surface area contributed by atoms with Gasteiger partial charge < -0.3 is 10.2 Å². The molecule has 4 nitrogen and oxygen atoms in total. The number of likely N-dealkylation sites (tertiary alicyclic amines) is 1. The van der Waals surface area contributed by atoms with Gasteiger partial charge in [0, 0.05) is 20.1 Å². The fourth-order valence-electron chi connectivity index (χ4n) is 1.28. The third-order valence-electron chi connectivity index (χ3n) is 2.12. The molecule has 1 aliphatic rings. The molecule has 1 N–H and O–H groups in total. The lowest BCUT2D eigenvalue weighted by Gasteiger charge is -2.37. The molecule has 0 atom stereocenters. The van der Waals surface area contributed by atoms with Gasteiger partial charge in [-0.25, -0.2) is 0 Å². The second-order valence-corrected chi connectivity index (χ2v) is 3.05. The standard InChI is InChI=1S/C9H14N2O2/c1-3-4-8(12)11-5-7(6-11)9(13)10-2/h3-4,7H,5-6H2,1-2H3,(H,10,13). The van der Waals surface area contributed by atoms with Crippen molar-refractivity contribution < 1.29 is 9.59 Å². The average molecular weight is 182 g/mol. The Bertz CT molecular complexity index is 242. The van der Waals surface area contributed by atoms with Crippen molar-refractivity contribution in [3.05, 3.63) is 12.2 Å². The molecule has 1 fully saturated rings. The molecule has 0 unspecified atom stereocenters. The number of hydrogen-bond donors (Lipinski definition) is 1. The summed E-state index contributed by atoms with van der Waals surface area (Å²) in [6.07, 6.45) is 3.22. The first-order chi connectivity index (χ1) is 6.19. The van der Waals surface area contributed by atoms with Crippen molar-refractivity contribution in [1.82, 2.24) is 10.2 Å². The summed E-state index contributed by atoms with van der Waals surface area (Å²) < 4.78 is 0. The van der Waals surface area contributed by atoms with Crippen LogP contribution in [0, 0.1) is 5.92 Å². The lowest BCUT2D eigenvalue weighted by atomic mass is 9.99. The minimum absolute atomic E-state index is 0.0114. The van der Waals surface area contributed by atoms with Gasteiger partial charge in [0.15, 0.2) is 0 Å². The molecule has 13 heavy (non-hydrogen) atoms. The van der Waals surface area contributed by atoms with Crippen LogP contribution in [0.4, 0.5) is 0 Å². The maximum absolute atomic E-state index is 11.2. The van der Waals surface area contributed by atoms with Gasteiger partial charge in [-0.1, -0.05) is 6.08 Å². The Hall–Kier alpha value is -1.32. The number of amides is 2. The molecule has 1 aliphatic heterocycles. The number of nitrogens with one attached hydrogen (secondary N) is 1. The summed E-state index contributed by atoms with van der Waals surface area (Å²) in [5, 5.41) is 2.56. The maximum atomic E-state index is 11.2. The molecule has 1 saturated heterocycles. The number of nitrogens with zero attached hydrogens (tertiary/aromatic N) is 1. The van der Waals surface area contributed by atoms with Crippen molar-refractivity contribution in [3.63, 3.8) is 0 Å². The highest BCUT2D eigenvalue weighted by Gasteiger charge is 2.33. The van der Waals surface area contributed by atoms with Gasteiger partial charge in [0.2, 0.25) is 11.8 Å². The van der Waals surface area contributed by atoms with Crippen LogP contribution in [0.2, 0.25) is 0 Å². The van der Waals surface area contributed by atoms with Crippen LogP contribution in [0.3, 0.4) is 0 Å². The van der Waals surface area contributed by atoms with Crippen molar-refractivity contribution in [2.45, 2.75) is 6.92 Å². The molecule has 4 heteroatoms. The quantitative estimate of drug-likeness (QED) is 0.599. The van der Waals surface area contributed by atoms with Crippen LogP contribution in [0.1, 0.15) is 6.92 Å². The van der Waals surface area contributed by atoms with Gasteiger partial charge in [-0.15, -0.1) is 0 Å². The zero-order valence-corrected chi connectivity index (χ0v) is 7.91. The summed E-state index contributed by atoms with van der Waals surface area (Å²) in [6, 6.07) is 0. The molecule has 72 valence electrons. The second kappa shape index (κ2) is 4.07. The van der Waals surface area contributed by atoms with Crippen molar-refractivity contribution in [2.75, 3.05) is 20.1 Å². The average Bonchev–Trinajstić information content (AvgIpc) is 2.01. The Morgan fingerprint density at radius 1 is 1.46 bits per heavy atom. The van der Waals surface area contributed by atoms with E-state index in [1.807, 2.05) is 0 Å². The van der Waals surface area contributed by atoms with Crippen LogP contribution in [-0.2, 0) is 9.59 Å². The molecule has 0 spiro atoms. The van der Waals surface area contributed by atoms with Crippen molar-refractivity contribution in [2.24, 2.45) is 5.92 Å². The van der Waals surface area contributed by atoms with E-state index in [2.05, 4.69) is 5.32 Å². The number of allylic oxidation sites excluding steroid dienone is 1. The van der Waals surface area contributed by atoms with Crippen LogP contribution in [0.15, 0.2) is 12.2 Å². The minimum Gasteiger partial charge on any atom is -0.359 e. The number of rotatable bonds is 2. The number of carbonyl (C=O) groups excluding carboxylic acids is 2. The van der Waals surface area contributed by atoms with E-state index in [1.165, 1.54) is 6.08 Å². The lowest BCUT2D eigenvalue weighted by molar-refractivity contribution is -0.139. The normalized spacial score (nSPS) is 17.2. The summed E-state index contributed by atoms with van der Waals surface area (Å²) in [6.45, 7) is 2.89. The minimum atomic E-state index is -0.0146. The van der Waals surface area contributed by atoms with E-state index in [1.54, 1.807) is 24.9 Å². The Morgan fingerprint density at radius 2 is 2.08 bits per heavy atom. The van der Waals surface area contributed by atoms with E-state index >= 15 is 0 Å². The highest BCUT2D eigenvalue weighted by atomic mass is 16.2. The predicted octanol–water partition coefficient (Wildman–Crippen LogP) is -0.233. The number of carbonyl (C=O) groups is 2. The molecular weight excluding hydrogens is 168 g/mol. The topological polar surface area (TPSA) is 49.4 Å². The molecule has 0 aromatic rings. The van der Waals surface area contributed by atoms with E-state index in [0.717, 1.165) is 0 Å². The maximum Gasteiger partial charge on any atom is 0.246 e. The van der Waals surface area contributed by atoms with Crippen LogP contribution >= 0.6 is 0 Å². The van der Waals surface area contributed by atoms with Crippen LogP contribution in [0.5, 0.6) is 0 Å². The van der Waals surface area contributed by atoms with Crippen molar-refractivity contribution in [1.29, 1.82) is 0 Å². The molecule has 0 aliphatic carbocycles. The zero-order valence-electron chi connectivity index (χ0n) is 7.91. The number of hydrogen-bond acceptors (Lipinski definition) is 2. The largest absolute Gasteiger partial charge is 0.359 e. The van der Waals surface area contributed by atoms with Crippen molar-refractivity contribution in [3.8, 4) is 0 Å². The van der Waals surface area contributed by atoms with Gasteiger partial charge >= 0.3 is 0 Å². The highest BCUT2D eigenvalue weighted by Crippen LogP contribution is 2.15. The smallest absolute Gasteiger partial charge is 0.246 e. The SMILES string of the molecule is CC=CC(=O)N1CC(C(=O)NC)C1. The van der Waals surface area contributed by atoms with E-state index < -0.39 is 0 Å². The van der Waals surface area contributed by atoms with E-state index in [9.17, 15) is 9.59 Å². The van der Waals surface area contributed by atoms with Gasteiger partial charge in [0.05, 0.1) is 5.92 Å². The van der Waals surface area contributed by atoms with E-state index in [4.69, 9.17) is 0 Å². The monoisotopic (exact) mass is 182 g/mol. The van der Waals surface area contributed by atoms with Crippen LogP contribution in [0.25, 0.3) is 0 Å². The van der Waals surface area contributed by atoms with E-state index in [0.29, 0.717) is 13.1 Å². The first-order valence-electron chi connectivity index (χ1n) is 4.32. The first-order valence-corrected chi connectivity index (χ1v) is 4.32. The highest BCUT2D eigenvalue weighted by molar-refractivity contribution is 5.90. The zero-order chi connectivity index (χ0) is 9.84. The fourth-order valence-corrected chi connectivity index (χ4v) is 1.28. The van der Waals surface area contributed by atoms with Crippen LogP contribution < -0.4 is 5.32 Å². The lowest BCUT2D eigenvalue weighted by Crippen LogP contribution is -2.54. The molecule has 1 heterocycles. The molecule has 0 aromatic carbocycles. The summed E-state index contributed by atoms with van der Waals surface area (Å²) in [5.74, 6) is -0.00797. The Kier molecular flexibility index (Phi) is 3.06. The van der Waals surface area contributed by atoms with Crippen molar-refractivity contribution >= 4 is 11.8 Å². The molecular formula is C9H14N2O2. The Balaban J connectivity index is 2.33. The predicted molar refractivity (Wildman–Crippen MR) is 49.0 cm³/mol. The van der Waals surface area contributed by atoms with Gasteiger partial charge in [-0.3, -0.25) is 9.59 Å². The summed E-state index contributed by atoms with van der Waals surface area (Å²) in [7, 11) is 1.61. The summed E-state index contributed by atoms with van der Waals surface area (Å²) in [4.78, 5) is 23.9. The van der Waals surface area contributed by atoms with Gasteiger partial charge in [-0.2, -0.15) is 0 Å². The fraction of sp³-hybridized carbons (Fsp3) is 0.556. The molecule has 0 bridgehead atoms. The first kappa shape index (κ1) is 9.77. The van der Waals surface area contributed by atoms with Gasteiger partial charge in [0.25, 0.3) is 0 Å². The third-order valence-corrected chi connectivity index (χ3v) is 2.12. The molecule has 1 rings (SSSR count). The third kappa shape index (κ3) is 2.08. The summed E-state index contributed by atoms with van der Waals surface area (Å²) >= 11 is 0. The Morgan fingerprint density at radius 3 is 2.54 bits per heavy atom. The second-order valence-electron chi connectivity index (χ2n) is 3.05. The molecule has 0 radical (unpaired) electrons. The summed E-state index contributed by atoms with van der Waals surface area (Å²) in [5.41, 5.74) is 0. The van der Waals surface area contributed by atoms with E-state index in [-0.39, 0.29) is 17.7 Å². The van der Waals surface area contributed by atoms with Gasteiger partial charge in [-0.05, 0) is 13.0 Å². The Labute approximate surface area is 77.6 Å². The molecule has 2 amide bonds. The molecule has 0 saturated carbocycles.